The van der Waals surface area contributed by atoms with Crippen LogP contribution in [0.3, 0.4) is 0 Å². The van der Waals surface area contributed by atoms with E-state index in [4.69, 9.17) is 4.74 Å². The van der Waals surface area contributed by atoms with Crippen molar-refractivity contribution < 1.29 is 4.74 Å². The predicted molar refractivity (Wildman–Crippen MR) is 81.4 cm³/mol. The van der Waals surface area contributed by atoms with Gasteiger partial charge in [0.25, 0.3) is 0 Å². The summed E-state index contributed by atoms with van der Waals surface area (Å²) in [6.07, 6.45) is 1.12. The van der Waals surface area contributed by atoms with Gasteiger partial charge in [0.1, 0.15) is 0 Å². The topological polar surface area (TPSA) is 21.3 Å². The molecule has 17 heavy (non-hydrogen) atoms. The van der Waals surface area contributed by atoms with Gasteiger partial charge in [-0.25, -0.2) is 0 Å². The highest BCUT2D eigenvalue weighted by molar-refractivity contribution is 14.1. The first-order valence-corrected chi connectivity index (χ1v) is 7.18. The van der Waals surface area contributed by atoms with Crippen LogP contribution in [0.5, 0.6) is 0 Å². The van der Waals surface area contributed by atoms with Crippen molar-refractivity contribution in [2.75, 3.05) is 20.3 Å². The normalized spacial score (nSPS) is 14.6. The van der Waals surface area contributed by atoms with Gasteiger partial charge < -0.3 is 10.1 Å². The van der Waals surface area contributed by atoms with Gasteiger partial charge >= 0.3 is 0 Å². The Morgan fingerprint density at radius 1 is 1.24 bits per heavy atom. The van der Waals surface area contributed by atoms with Gasteiger partial charge in [0.2, 0.25) is 0 Å². The van der Waals surface area contributed by atoms with Crippen molar-refractivity contribution in [3.63, 3.8) is 0 Å². The molecule has 0 aliphatic rings. The van der Waals surface area contributed by atoms with Crippen molar-refractivity contribution in [3.8, 4) is 0 Å². The summed E-state index contributed by atoms with van der Waals surface area (Å²) in [6, 6.07) is 9.31. The molecule has 0 fully saturated rings. The van der Waals surface area contributed by atoms with Crippen molar-refractivity contribution in [2.24, 2.45) is 5.92 Å². The van der Waals surface area contributed by atoms with Gasteiger partial charge in [-0.2, -0.15) is 0 Å². The van der Waals surface area contributed by atoms with Gasteiger partial charge in [-0.05, 0) is 59.5 Å². The number of benzene rings is 1. The minimum absolute atomic E-state index is 0.518. The van der Waals surface area contributed by atoms with Gasteiger partial charge in [0.05, 0.1) is 6.61 Å². The maximum Gasteiger partial charge on any atom is 0.0587 e. The van der Waals surface area contributed by atoms with Crippen LogP contribution in [0.15, 0.2) is 24.3 Å². The summed E-state index contributed by atoms with van der Waals surface area (Å²) in [5, 5.41) is 3.49. The Hall–Kier alpha value is -0.130. The lowest BCUT2D eigenvalue weighted by Crippen LogP contribution is -2.35. The molecule has 0 aliphatic heterocycles. The largest absolute Gasteiger partial charge is 0.383 e. The van der Waals surface area contributed by atoms with E-state index in [0.29, 0.717) is 12.0 Å². The summed E-state index contributed by atoms with van der Waals surface area (Å²) < 4.78 is 6.34. The molecule has 0 aromatic heterocycles. The summed E-state index contributed by atoms with van der Waals surface area (Å²) >= 11 is 2.34. The fraction of sp³-hybridized carbons (Fsp3) is 0.571. The number of methoxy groups -OCH3 is 1. The molecule has 2 unspecified atom stereocenters. The second-order valence-electron chi connectivity index (χ2n) is 4.54. The highest BCUT2D eigenvalue weighted by atomic mass is 127. The van der Waals surface area contributed by atoms with Crippen LogP contribution in [0.25, 0.3) is 0 Å². The highest BCUT2D eigenvalue weighted by Gasteiger charge is 2.11. The second-order valence-corrected chi connectivity index (χ2v) is 5.79. The Kier molecular flexibility index (Phi) is 7.08. The van der Waals surface area contributed by atoms with Crippen LogP contribution < -0.4 is 5.32 Å². The molecule has 0 heterocycles. The molecule has 0 bridgehead atoms. The third-order valence-electron chi connectivity index (χ3n) is 3.10. The van der Waals surface area contributed by atoms with E-state index < -0.39 is 0 Å². The van der Waals surface area contributed by atoms with E-state index >= 15 is 0 Å². The van der Waals surface area contributed by atoms with Crippen molar-refractivity contribution in [1.82, 2.24) is 5.32 Å². The first-order valence-electron chi connectivity index (χ1n) is 6.10. The third-order valence-corrected chi connectivity index (χ3v) is 3.82. The van der Waals surface area contributed by atoms with E-state index in [2.05, 4.69) is 66.0 Å². The van der Waals surface area contributed by atoms with Gasteiger partial charge in [-0.3, -0.25) is 0 Å². The molecule has 0 radical (unpaired) electrons. The molecular weight excluding hydrogens is 325 g/mol. The van der Waals surface area contributed by atoms with Gasteiger partial charge in [0.15, 0.2) is 0 Å². The second kappa shape index (κ2) is 8.06. The lowest BCUT2D eigenvalue weighted by Gasteiger charge is -2.21. The Morgan fingerprint density at radius 2 is 1.88 bits per heavy atom. The quantitative estimate of drug-likeness (QED) is 0.605. The zero-order chi connectivity index (χ0) is 12.7. The Labute approximate surface area is 118 Å². The summed E-state index contributed by atoms with van der Waals surface area (Å²) in [5.74, 6) is 0.631. The third kappa shape index (κ3) is 5.84. The van der Waals surface area contributed by atoms with Crippen molar-refractivity contribution in [2.45, 2.75) is 26.3 Å². The van der Waals surface area contributed by atoms with E-state index in [1.54, 1.807) is 7.11 Å². The van der Waals surface area contributed by atoms with E-state index in [-0.39, 0.29) is 0 Å². The molecule has 2 nitrogen and oxygen atoms in total. The molecular formula is C14H22INO. The monoisotopic (exact) mass is 347 g/mol. The van der Waals surface area contributed by atoms with Crippen molar-refractivity contribution in [3.05, 3.63) is 33.4 Å². The number of rotatable bonds is 7. The lowest BCUT2D eigenvalue weighted by atomic mass is 9.95. The highest BCUT2D eigenvalue weighted by Crippen LogP contribution is 2.14. The number of halogens is 1. The molecule has 0 saturated heterocycles. The van der Waals surface area contributed by atoms with Crippen LogP contribution in [-0.2, 0) is 11.2 Å². The maximum atomic E-state index is 5.04. The Morgan fingerprint density at radius 3 is 2.47 bits per heavy atom. The smallest absolute Gasteiger partial charge is 0.0587 e. The summed E-state index contributed by atoms with van der Waals surface area (Å²) in [6.45, 7) is 6.24. The van der Waals surface area contributed by atoms with Gasteiger partial charge in [0, 0.05) is 23.3 Å². The van der Waals surface area contributed by atoms with Crippen LogP contribution >= 0.6 is 22.6 Å². The molecule has 1 aromatic carbocycles. The number of hydrogen-bond acceptors (Lipinski definition) is 2. The average molecular weight is 347 g/mol. The van der Waals surface area contributed by atoms with Gasteiger partial charge in [-0.1, -0.05) is 19.1 Å². The standard InChI is InChI=1S/C14H22INO/c1-11(12(2)16-8-9-17-3)10-13-4-6-14(15)7-5-13/h4-7,11-12,16H,8-10H2,1-3H3. The molecule has 0 amide bonds. The minimum Gasteiger partial charge on any atom is -0.383 e. The Balaban J connectivity index is 2.37. The zero-order valence-electron chi connectivity index (χ0n) is 10.9. The molecule has 2 atom stereocenters. The van der Waals surface area contributed by atoms with E-state index in [0.717, 1.165) is 19.6 Å². The number of hydrogen-bond donors (Lipinski definition) is 1. The molecule has 1 aromatic rings. The fourth-order valence-electron chi connectivity index (χ4n) is 1.76. The average Bonchev–Trinajstić information content (AvgIpc) is 2.32. The summed E-state index contributed by atoms with van der Waals surface area (Å²) in [7, 11) is 1.74. The van der Waals surface area contributed by atoms with E-state index in [9.17, 15) is 0 Å². The Bertz CT molecular complexity index is 313. The van der Waals surface area contributed by atoms with Crippen LogP contribution in [0.1, 0.15) is 19.4 Å². The lowest BCUT2D eigenvalue weighted by molar-refractivity contribution is 0.192. The molecule has 1 N–H and O–H groups in total. The van der Waals surface area contributed by atoms with Gasteiger partial charge in [-0.15, -0.1) is 0 Å². The molecule has 3 heteroatoms. The first-order chi connectivity index (χ1) is 8.13. The molecule has 0 saturated carbocycles. The molecule has 0 aliphatic carbocycles. The molecule has 96 valence electrons. The molecule has 1 rings (SSSR count). The first kappa shape index (κ1) is 14.9. The maximum absolute atomic E-state index is 5.04. The zero-order valence-corrected chi connectivity index (χ0v) is 13.0. The summed E-state index contributed by atoms with van der Waals surface area (Å²) in [5.41, 5.74) is 1.42. The van der Waals surface area contributed by atoms with Crippen molar-refractivity contribution in [1.29, 1.82) is 0 Å². The van der Waals surface area contributed by atoms with E-state index in [1.807, 2.05) is 0 Å². The number of ether oxygens (including phenoxy) is 1. The van der Waals surface area contributed by atoms with Crippen molar-refractivity contribution >= 4 is 22.6 Å². The number of nitrogens with one attached hydrogen (secondary N) is 1. The van der Waals surface area contributed by atoms with E-state index in [1.165, 1.54) is 9.13 Å². The fourth-order valence-corrected chi connectivity index (χ4v) is 2.12. The van der Waals surface area contributed by atoms with Crippen LogP contribution in [0, 0.1) is 9.49 Å². The predicted octanol–water partition coefficient (Wildman–Crippen LogP) is 3.09. The SMILES string of the molecule is COCCNC(C)C(C)Cc1ccc(I)cc1. The molecule has 0 spiro atoms. The minimum atomic E-state index is 0.518. The van der Waals surface area contributed by atoms with Crippen LogP contribution in [0.2, 0.25) is 0 Å². The summed E-state index contributed by atoms with van der Waals surface area (Å²) in [4.78, 5) is 0. The van der Waals surface area contributed by atoms with Crippen LogP contribution in [0.4, 0.5) is 0 Å². The van der Waals surface area contributed by atoms with Crippen LogP contribution in [-0.4, -0.2) is 26.3 Å².